The summed E-state index contributed by atoms with van der Waals surface area (Å²) in [4.78, 5) is 22.6. The van der Waals surface area contributed by atoms with Gasteiger partial charge in [-0.15, -0.1) is 0 Å². The fourth-order valence-corrected chi connectivity index (χ4v) is 1.81. The van der Waals surface area contributed by atoms with Crippen LogP contribution in [0.1, 0.15) is 12.7 Å². The fourth-order valence-electron chi connectivity index (χ4n) is 1.81. The second kappa shape index (κ2) is 3.58. The van der Waals surface area contributed by atoms with E-state index in [9.17, 15) is 4.79 Å². The first-order valence-corrected chi connectivity index (χ1v) is 5.41. The molecule has 1 aromatic carbocycles. The molecule has 86 valence electrons. The number of imidazole rings is 1. The number of benzene rings is 1. The number of hydrogen-bond donors (Lipinski definition) is 2. The molecule has 0 spiro atoms. The lowest BCUT2D eigenvalue weighted by atomic mass is 10.3. The van der Waals surface area contributed by atoms with E-state index in [1.54, 1.807) is 4.68 Å². The van der Waals surface area contributed by atoms with Gasteiger partial charge in [-0.1, -0.05) is 19.1 Å². The molecule has 2 N–H and O–H groups in total. The van der Waals surface area contributed by atoms with Crippen molar-refractivity contribution in [2.75, 3.05) is 0 Å². The van der Waals surface area contributed by atoms with E-state index in [4.69, 9.17) is 0 Å². The molecule has 0 aliphatic carbocycles. The zero-order valence-corrected chi connectivity index (χ0v) is 9.27. The third-order valence-corrected chi connectivity index (χ3v) is 2.60. The molecule has 2 aromatic heterocycles. The lowest BCUT2D eigenvalue weighted by Crippen LogP contribution is -2.06. The van der Waals surface area contributed by atoms with Crippen molar-refractivity contribution in [3.8, 4) is 5.95 Å². The summed E-state index contributed by atoms with van der Waals surface area (Å²) in [5.74, 6) is 1.24. The number of para-hydroxylation sites is 2. The lowest BCUT2D eigenvalue weighted by molar-refractivity contribution is 0.761. The van der Waals surface area contributed by atoms with Crippen LogP contribution < -0.4 is 5.69 Å². The number of nitrogens with one attached hydrogen (secondary N) is 2. The van der Waals surface area contributed by atoms with Crippen molar-refractivity contribution in [1.29, 1.82) is 0 Å². The Morgan fingerprint density at radius 2 is 2.12 bits per heavy atom. The van der Waals surface area contributed by atoms with Gasteiger partial charge < -0.3 is 4.98 Å². The van der Waals surface area contributed by atoms with Crippen LogP contribution >= 0.6 is 0 Å². The summed E-state index contributed by atoms with van der Waals surface area (Å²) in [5.41, 5.74) is 1.43. The van der Waals surface area contributed by atoms with E-state index in [1.165, 1.54) is 0 Å². The summed E-state index contributed by atoms with van der Waals surface area (Å²) in [6, 6.07) is 7.70. The molecule has 0 atom stereocenters. The highest BCUT2D eigenvalue weighted by Gasteiger charge is 2.10. The number of fused-ring (bicyclic) bond motifs is 1. The zero-order valence-electron chi connectivity index (χ0n) is 9.27. The third-order valence-electron chi connectivity index (χ3n) is 2.60. The standard InChI is InChI=1S/C11H11N5O/c1-2-9-14-11(17)15-16(9)10-12-7-5-3-4-6-8(7)13-10/h3-6H,2H2,1H3,(H,12,13)(H,15,17). The SMILES string of the molecule is CCc1nc(=O)[nH]n1-c1nc2ccccc2[nH]1. The number of H-pyrrole nitrogens is 2. The number of hydrogen-bond acceptors (Lipinski definition) is 3. The predicted octanol–water partition coefficient (Wildman–Crippen LogP) is 0.999. The molecule has 0 amide bonds. The van der Waals surface area contributed by atoms with Crippen molar-refractivity contribution in [2.45, 2.75) is 13.3 Å². The van der Waals surface area contributed by atoms with Gasteiger partial charge in [0.2, 0.25) is 5.95 Å². The number of aromatic nitrogens is 5. The molecular weight excluding hydrogens is 218 g/mol. The predicted molar refractivity (Wildman–Crippen MR) is 63.2 cm³/mol. The van der Waals surface area contributed by atoms with Crippen LogP contribution in [0.3, 0.4) is 0 Å². The molecule has 3 rings (SSSR count). The number of aromatic amines is 2. The molecule has 0 unspecified atom stereocenters. The molecule has 0 bridgehead atoms. The van der Waals surface area contributed by atoms with Gasteiger partial charge >= 0.3 is 5.69 Å². The summed E-state index contributed by atoms with van der Waals surface area (Å²) in [7, 11) is 0. The quantitative estimate of drug-likeness (QED) is 0.688. The molecule has 0 fully saturated rings. The van der Waals surface area contributed by atoms with E-state index in [2.05, 4.69) is 20.1 Å². The van der Waals surface area contributed by atoms with Crippen molar-refractivity contribution < 1.29 is 0 Å². The van der Waals surface area contributed by atoms with Crippen LogP contribution in [0.25, 0.3) is 17.0 Å². The van der Waals surface area contributed by atoms with Crippen LogP contribution in [0.4, 0.5) is 0 Å². The summed E-state index contributed by atoms with van der Waals surface area (Å²) >= 11 is 0. The highest BCUT2D eigenvalue weighted by atomic mass is 16.1. The molecule has 0 saturated heterocycles. The Bertz CT molecular complexity index is 688. The molecule has 0 radical (unpaired) electrons. The number of aryl methyl sites for hydroxylation is 1. The lowest BCUT2D eigenvalue weighted by Gasteiger charge is -1.99. The van der Waals surface area contributed by atoms with Crippen molar-refractivity contribution >= 4 is 11.0 Å². The van der Waals surface area contributed by atoms with Crippen LogP contribution in [0, 0.1) is 0 Å². The molecule has 0 saturated carbocycles. The van der Waals surface area contributed by atoms with Gasteiger partial charge in [-0.05, 0) is 12.1 Å². The Kier molecular flexibility index (Phi) is 2.07. The van der Waals surface area contributed by atoms with Gasteiger partial charge in [-0.3, -0.25) is 0 Å². The maximum Gasteiger partial charge on any atom is 0.361 e. The van der Waals surface area contributed by atoms with Gasteiger partial charge in [0, 0.05) is 6.42 Å². The first-order valence-electron chi connectivity index (χ1n) is 5.41. The van der Waals surface area contributed by atoms with E-state index >= 15 is 0 Å². The smallest absolute Gasteiger partial charge is 0.322 e. The zero-order chi connectivity index (χ0) is 11.8. The molecular formula is C11H11N5O. The molecule has 3 aromatic rings. The molecule has 17 heavy (non-hydrogen) atoms. The first kappa shape index (κ1) is 9.83. The average Bonchev–Trinajstić information content (AvgIpc) is 2.91. The maximum absolute atomic E-state index is 11.2. The average molecular weight is 229 g/mol. The Morgan fingerprint density at radius 3 is 2.88 bits per heavy atom. The maximum atomic E-state index is 11.2. The van der Waals surface area contributed by atoms with Crippen molar-refractivity contribution in [1.82, 2.24) is 24.7 Å². The van der Waals surface area contributed by atoms with Gasteiger partial charge in [-0.2, -0.15) is 4.98 Å². The minimum atomic E-state index is -0.359. The molecule has 0 aliphatic heterocycles. The highest BCUT2D eigenvalue weighted by molar-refractivity contribution is 5.75. The first-order chi connectivity index (χ1) is 8.28. The highest BCUT2D eigenvalue weighted by Crippen LogP contribution is 2.13. The minimum Gasteiger partial charge on any atom is -0.322 e. The van der Waals surface area contributed by atoms with Gasteiger partial charge in [-0.25, -0.2) is 19.6 Å². The Balaban J connectivity index is 2.23. The summed E-state index contributed by atoms with van der Waals surface area (Å²) in [6.45, 7) is 1.94. The molecule has 2 heterocycles. The van der Waals surface area contributed by atoms with Crippen molar-refractivity contribution in [2.24, 2.45) is 0 Å². The van der Waals surface area contributed by atoms with Crippen molar-refractivity contribution in [3.63, 3.8) is 0 Å². The summed E-state index contributed by atoms with van der Waals surface area (Å²) in [5, 5.41) is 2.63. The van der Waals surface area contributed by atoms with Crippen LogP contribution in [-0.4, -0.2) is 24.7 Å². The Morgan fingerprint density at radius 1 is 1.29 bits per heavy atom. The topological polar surface area (TPSA) is 79.4 Å². The second-order valence-electron chi connectivity index (χ2n) is 3.71. The van der Waals surface area contributed by atoms with Gasteiger partial charge in [0.25, 0.3) is 0 Å². The van der Waals surface area contributed by atoms with E-state index < -0.39 is 0 Å². The van der Waals surface area contributed by atoms with Crippen LogP contribution in [-0.2, 0) is 6.42 Å². The fraction of sp³-hybridized carbons (Fsp3) is 0.182. The number of rotatable bonds is 2. The van der Waals surface area contributed by atoms with E-state index in [-0.39, 0.29) is 5.69 Å². The van der Waals surface area contributed by atoms with Crippen LogP contribution in [0.5, 0.6) is 0 Å². The van der Waals surface area contributed by atoms with Gasteiger partial charge in [0.1, 0.15) is 5.82 Å². The monoisotopic (exact) mass is 229 g/mol. The molecule has 0 aliphatic rings. The largest absolute Gasteiger partial charge is 0.361 e. The van der Waals surface area contributed by atoms with Gasteiger partial charge in [0.15, 0.2) is 0 Å². The number of nitrogens with zero attached hydrogens (tertiary/aromatic N) is 3. The van der Waals surface area contributed by atoms with Crippen LogP contribution in [0.15, 0.2) is 29.1 Å². The van der Waals surface area contributed by atoms with Crippen molar-refractivity contribution in [3.05, 3.63) is 40.6 Å². The normalized spacial score (nSPS) is 11.1. The Labute approximate surface area is 96.3 Å². The van der Waals surface area contributed by atoms with Gasteiger partial charge in [0.05, 0.1) is 11.0 Å². The van der Waals surface area contributed by atoms with E-state index in [0.29, 0.717) is 18.2 Å². The summed E-state index contributed by atoms with van der Waals surface area (Å²) < 4.78 is 1.59. The summed E-state index contributed by atoms with van der Waals surface area (Å²) in [6.07, 6.45) is 0.662. The van der Waals surface area contributed by atoms with Crippen LogP contribution in [0.2, 0.25) is 0 Å². The van der Waals surface area contributed by atoms with E-state index in [0.717, 1.165) is 11.0 Å². The second-order valence-corrected chi connectivity index (χ2v) is 3.71. The third kappa shape index (κ3) is 1.54. The molecule has 6 nitrogen and oxygen atoms in total. The minimum absolute atomic E-state index is 0.359. The Hall–Kier alpha value is -2.37. The van der Waals surface area contributed by atoms with E-state index in [1.807, 2.05) is 31.2 Å². The molecule has 6 heteroatoms.